The molecule has 0 bridgehead atoms. The smallest absolute Gasteiger partial charge is 0.229 e. The van der Waals surface area contributed by atoms with Gasteiger partial charge in [-0.05, 0) is 79.4 Å². The molecule has 0 aliphatic carbocycles. The summed E-state index contributed by atoms with van der Waals surface area (Å²) in [4.78, 5) is 24.5. The van der Waals surface area contributed by atoms with Crippen LogP contribution in [0.1, 0.15) is 68.1 Å². The van der Waals surface area contributed by atoms with Gasteiger partial charge >= 0.3 is 0 Å². The Morgan fingerprint density at radius 1 is 1.00 bits per heavy atom. The van der Waals surface area contributed by atoms with E-state index < -0.39 is 8.32 Å². The van der Waals surface area contributed by atoms with Crippen molar-refractivity contribution < 1.29 is 23.5 Å². The van der Waals surface area contributed by atoms with E-state index in [9.17, 15) is 9.59 Å². The Labute approximate surface area is 249 Å². The molecule has 5 rings (SSSR count). The van der Waals surface area contributed by atoms with Crippen molar-refractivity contribution in [3.63, 3.8) is 0 Å². The van der Waals surface area contributed by atoms with Crippen molar-refractivity contribution in [2.24, 2.45) is 0 Å². The average molecular weight is 581 g/mol. The SMILES string of the molecule is C=C1C=C(C)c2ccc3oc(C(=O)c4cccc(OCCCCCC(C)(C)[Si](C)(C)O)c4)c(-c4ccccc4)c3c2O1. The van der Waals surface area contributed by atoms with Gasteiger partial charge in [-0.1, -0.05) is 75.7 Å². The number of carbonyl (C=O) groups is 1. The summed E-state index contributed by atoms with van der Waals surface area (Å²) in [5.41, 5.74) is 4.66. The van der Waals surface area contributed by atoms with E-state index in [1.54, 1.807) is 12.1 Å². The fourth-order valence-corrected chi connectivity index (χ4v) is 6.09. The second-order valence-corrected chi connectivity index (χ2v) is 16.8. The molecular formula is C36H40O5Si. The molecule has 0 saturated carbocycles. The lowest BCUT2D eigenvalue weighted by molar-refractivity contribution is 0.101. The number of fused-ring (bicyclic) bond motifs is 3. The minimum Gasteiger partial charge on any atom is -0.494 e. The molecule has 2 heterocycles. The fourth-order valence-electron chi connectivity index (χ4n) is 5.30. The van der Waals surface area contributed by atoms with Crippen molar-refractivity contribution in [3.05, 3.63) is 102 Å². The van der Waals surface area contributed by atoms with Gasteiger partial charge in [-0.2, -0.15) is 0 Å². The molecule has 0 spiro atoms. The van der Waals surface area contributed by atoms with Gasteiger partial charge in [-0.3, -0.25) is 4.79 Å². The summed E-state index contributed by atoms with van der Waals surface area (Å²) < 4.78 is 18.5. The molecule has 4 aromatic rings. The number of benzene rings is 3. The summed E-state index contributed by atoms with van der Waals surface area (Å²) in [6.07, 6.45) is 5.90. The van der Waals surface area contributed by atoms with E-state index in [2.05, 4.69) is 20.4 Å². The van der Waals surface area contributed by atoms with E-state index in [-0.39, 0.29) is 16.6 Å². The predicted octanol–water partition coefficient (Wildman–Crippen LogP) is 9.56. The molecule has 6 heteroatoms. The van der Waals surface area contributed by atoms with Gasteiger partial charge in [0.2, 0.25) is 5.78 Å². The molecule has 218 valence electrons. The molecule has 0 amide bonds. The first-order valence-electron chi connectivity index (χ1n) is 14.7. The second-order valence-electron chi connectivity index (χ2n) is 12.3. The van der Waals surface area contributed by atoms with Crippen molar-refractivity contribution in [1.82, 2.24) is 0 Å². The topological polar surface area (TPSA) is 68.9 Å². The largest absolute Gasteiger partial charge is 0.494 e. The van der Waals surface area contributed by atoms with Crippen LogP contribution in [0.25, 0.3) is 27.7 Å². The van der Waals surface area contributed by atoms with Gasteiger partial charge in [0.05, 0.1) is 12.0 Å². The minimum absolute atomic E-state index is 0.00721. The van der Waals surface area contributed by atoms with E-state index in [1.165, 1.54) is 0 Å². The zero-order valence-corrected chi connectivity index (χ0v) is 26.3. The molecule has 5 nitrogen and oxygen atoms in total. The Morgan fingerprint density at radius 3 is 2.50 bits per heavy atom. The molecule has 3 aromatic carbocycles. The number of carbonyl (C=O) groups excluding carboxylic acids is 1. The molecule has 0 atom stereocenters. The maximum atomic E-state index is 14.0. The third-order valence-electron chi connectivity index (χ3n) is 8.58. The molecule has 1 aliphatic heterocycles. The maximum absolute atomic E-state index is 14.0. The number of rotatable bonds is 11. The number of hydrogen-bond donors (Lipinski definition) is 1. The summed E-state index contributed by atoms with van der Waals surface area (Å²) in [5, 5.41) is 0.755. The number of ketones is 1. The Morgan fingerprint density at radius 2 is 1.76 bits per heavy atom. The van der Waals surface area contributed by atoms with Crippen molar-refractivity contribution in [3.8, 4) is 22.6 Å². The maximum Gasteiger partial charge on any atom is 0.229 e. The number of ether oxygens (including phenoxy) is 2. The molecule has 1 N–H and O–H groups in total. The molecule has 0 fully saturated rings. The van der Waals surface area contributed by atoms with Crippen LogP contribution >= 0.6 is 0 Å². The van der Waals surface area contributed by atoms with E-state index in [0.29, 0.717) is 40.6 Å². The zero-order valence-electron chi connectivity index (χ0n) is 25.3. The Kier molecular flexibility index (Phi) is 8.31. The van der Waals surface area contributed by atoms with Gasteiger partial charge in [0.15, 0.2) is 14.1 Å². The number of hydrogen-bond acceptors (Lipinski definition) is 5. The fraction of sp³-hybridized carbons (Fsp3) is 0.306. The molecule has 0 radical (unpaired) electrons. The van der Waals surface area contributed by atoms with Crippen LogP contribution in [-0.2, 0) is 0 Å². The van der Waals surface area contributed by atoms with Crippen LogP contribution in [0.5, 0.6) is 11.5 Å². The summed E-state index contributed by atoms with van der Waals surface area (Å²) >= 11 is 0. The van der Waals surface area contributed by atoms with Crippen LogP contribution in [0, 0.1) is 0 Å². The van der Waals surface area contributed by atoms with E-state index in [4.69, 9.17) is 13.9 Å². The van der Waals surface area contributed by atoms with E-state index in [0.717, 1.165) is 47.8 Å². The summed E-state index contributed by atoms with van der Waals surface area (Å²) in [6, 6.07) is 21.0. The van der Waals surface area contributed by atoms with Gasteiger partial charge in [0, 0.05) is 16.7 Å². The predicted molar refractivity (Wildman–Crippen MR) is 173 cm³/mol. The molecule has 1 aromatic heterocycles. The second kappa shape index (κ2) is 11.8. The van der Waals surface area contributed by atoms with Crippen molar-refractivity contribution in [2.45, 2.75) is 64.6 Å². The molecule has 0 unspecified atom stereocenters. The average Bonchev–Trinajstić information content (AvgIpc) is 3.34. The minimum atomic E-state index is -2.19. The lowest BCUT2D eigenvalue weighted by Gasteiger charge is -2.35. The van der Waals surface area contributed by atoms with E-state index >= 15 is 0 Å². The highest BCUT2D eigenvalue weighted by molar-refractivity contribution is 6.72. The highest BCUT2D eigenvalue weighted by Crippen LogP contribution is 2.46. The molecule has 42 heavy (non-hydrogen) atoms. The van der Waals surface area contributed by atoms with Crippen LogP contribution < -0.4 is 9.47 Å². The lowest BCUT2D eigenvalue weighted by atomic mass is 9.94. The zero-order chi connectivity index (χ0) is 30.1. The number of unbranched alkanes of at least 4 members (excludes halogenated alkanes) is 2. The third-order valence-corrected chi connectivity index (χ3v) is 12.1. The first kappa shape index (κ1) is 29.6. The Hall–Kier alpha value is -3.87. The third kappa shape index (κ3) is 6.01. The monoisotopic (exact) mass is 580 g/mol. The highest BCUT2D eigenvalue weighted by Gasteiger charge is 2.37. The summed E-state index contributed by atoms with van der Waals surface area (Å²) in [5.74, 6) is 1.91. The molecule has 0 saturated heterocycles. The Balaban J connectivity index is 1.38. The van der Waals surface area contributed by atoms with Gasteiger partial charge < -0.3 is 18.7 Å². The van der Waals surface area contributed by atoms with Gasteiger partial charge in [-0.15, -0.1) is 0 Å². The van der Waals surface area contributed by atoms with Crippen molar-refractivity contribution in [1.29, 1.82) is 0 Å². The lowest BCUT2D eigenvalue weighted by Crippen LogP contribution is -2.38. The number of furan rings is 1. The van der Waals surface area contributed by atoms with Crippen LogP contribution in [-0.4, -0.2) is 25.5 Å². The van der Waals surface area contributed by atoms with Crippen LogP contribution in [0.4, 0.5) is 0 Å². The van der Waals surface area contributed by atoms with Gasteiger partial charge in [-0.25, -0.2) is 0 Å². The van der Waals surface area contributed by atoms with Gasteiger partial charge in [0.25, 0.3) is 0 Å². The number of allylic oxidation sites excluding steroid dienone is 2. The van der Waals surface area contributed by atoms with E-state index in [1.807, 2.05) is 80.7 Å². The quantitative estimate of drug-likeness (QED) is 0.109. The summed E-state index contributed by atoms with van der Waals surface area (Å²) in [7, 11) is -2.19. The van der Waals surface area contributed by atoms with Crippen molar-refractivity contribution in [2.75, 3.05) is 6.61 Å². The highest BCUT2D eigenvalue weighted by atomic mass is 28.4. The summed E-state index contributed by atoms with van der Waals surface area (Å²) in [6.45, 7) is 15.0. The Bertz CT molecular complexity index is 1650. The van der Waals surface area contributed by atoms with Crippen molar-refractivity contribution >= 4 is 30.6 Å². The molecule has 1 aliphatic rings. The normalized spacial score (nSPS) is 13.5. The van der Waals surface area contributed by atoms with Gasteiger partial charge in [0.1, 0.15) is 22.8 Å². The first-order chi connectivity index (χ1) is 20.0. The standard InChI is InChI=1S/C36H40O5Si/c1-24-22-25(2)40-34-29(24)18-19-30-32(34)31(26-14-9-7-10-15-26)35(41-30)33(37)27-16-13-17-28(23-27)39-21-12-8-11-20-36(3,4)42(5,6)38/h7,9-10,13-19,22-23,38H,2,8,11-12,20-21H2,1,3-6H3. The van der Waals surface area contributed by atoms with Crippen LogP contribution in [0.15, 0.2) is 89.6 Å². The van der Waals surface area contributed by atoms with Crippen LogP contribution in [0.2, 0.25) is 18.1 Å². The van der Waals surface area contributed by atoms with Crippen LogP contribution in [0.3, 0.4) is 0 Å². The molecular weight excluding hydrogens is 540 g/mol. The first-order valence-corrected chi connectivity index (χ1v) is 17.6.